The van der Waals surface area contributed by atoms with Crippen molar-refractivity contribution in [1.82, 2.24) is 14.8 Å². The van der Waals surface area contributed by atoms with Crippen LogP contribution in [0.4, 0.5) is 0 Å². The first-order valence-electron chi connectivity index (χ1n) is 11.5. The lowest BCUT2D eigenvalue weighted by Gasteiger charge is -2.40. The second-order valence-corrected chi connectivity index (χ2v) is 8.81. The number of H-pyrrole nitrogens is 1. The minimum Gasteiger partial charge on any atom is -0.496 e. The monoisotopic (exact) mass is 409 g/mol. The van der Waals surface area contributed by atoms with Crippen molar-refractivity contribution in [2.24, 2.45) is 5.92 Å². The summed E-state index contributed by atoms with van der Waals surface area (Å²) in [4.78, 5) is 20.4. The van der Waals surface area contributed by atoms with Crippen LogP contribution < -0.4 is 4.74 Å². The van der Waals surface area contributed by atoms with Crippen molar-refractivity contribution in [2.45, 2.75) is 51.5 Å². The Labute approximate surface area is 180 Å². The van der Waals surface area contributed by atoms with Crippen LogP contribution in [0.2, 0.25) is 0 Å². The fourth-order valence-electron chi connectivity index (χ4n) is 5.25. The number of nitrogens with one attached hydrogen (secondary N) is 1. The molecule has 1 aromatic heterocycles. The van der Waals surface area contributed by atoms with E-state index in [9.17, 15) is 4.79 Å². The van der Waals surface area contributed by atoms with Gasteiger partial charge in [-0.05, 0) is 80.3 Å². The number of nitrogens with zero attached hydrogens (tertiary/aromatic N) is 2. The van der Waals surface area contributed by atoms with Gasteiger partial charge in [-0.15, -0.1) is 0 Å². The Kier molecular flexibility index (Phi) is 6.78. The molecule has 1 atom stereocenters. The molecule has 162 valence electrons. The molecule has 1 N–H and O–H groups in total. The minimum absolute atomic E-state index is 0.140. The molecule has 2 aromatic rings. The largest absolute Gasteiger partial charge is 0.496 e. The zero-order chi connectivity index (χ0) is 20.9. The number of amides is 1. The zero-order valence-corrected chi connectivity index (χ0v) is 18.4. The predicted octanol–water partition coefficient (Wildman–Crippen LogP) is 4.15. The molecule has 0 unspecified atom stereocenters. The van der Waals surface area contributed by atoms with Gasteiger partial charge >= 0.3 is 0 Å². The number of aromatic amines is 1. The first-order chi connectivity index (χ1) is 14.7. The molecule has 0 radical (unpaired) electrons. The van der Waals surface area contributed by atoms with Crippen molar-refractivity contribution in [2.75, 3.05) is 33.3 Å². The van der Waals surface area contributed by atoms with E-state index in [0.717, 1.165) is 57.6 Å². The number of rotatable bonds is 7. The Hall–Kier alpha value is -2.27. The Morgan fingerprint density at radius 3 is 2.73 bits per heavy atom. The van der Waals surface area contributed by atoms with Crippen molar-refractivity contribution in [1.29, 1.82) is 0 Å². The molecule has 0 bridgehead atoms. The molecule has 1 aromatic carbocycles. The Balaban J connectivity index is 1.35. The fraction of sp³-hybridized carbons (Fsp3) is 0.560. The number of fused-ring (bicyclic) bond motifs is 1. The average molecular weight is 410 g/mol. The highest BCUT2D eigenvalue weighted by molar-refractivity contribution is 5.92. The summed E-state index contributed by atoms with van der Waals surface area (Å²) in [5, 5.41) is 0. The number of ether oxygens (including phenoxy) is 1. The number of carbonyl (C=O) groups is 1. The molecule has 1 fully saturated rings. The molecule has 1 saturated heterocycles. The topological polar surface area (TPSA) is 48.6 Å². The number of carbonyl (C=O) groups excluding carboxylic acids is 1. The standard InChI is InChI=1S/C25H35N3O2/c1-3-14-28(21-9-10-22-20(17-21)6-4-8-24(22)30-2)18-19-11-15-27(16-12-19)25(29)23-7-5-13-26-23/h4-8,13,19,21,26H,3,9-12,14-18H2,1-2H3/t21-/m0/s1. The number of hydrogen-bond acceptors (Lipinski definition) is 3. The van der Waals surface area contributed by atoms with E-state index < -0.39 is 0 Å². The summed E-state index contributed by atoms with van der Waals surface area (Å²) in [5.41, 5.74) is 3.57. The molecule has 30 heavy (non-hydrogen) atoms. The molecule has 1 aliphatic carbocycles. The Morgan fingerprint density at radius 1 is 1.20 bits per heavy atom. The number of aromatic nitrogens is 1. The fourth-order valence-corrected chi connectivity index (χ4v) is 5.25. The van der Waals surface area contributed by atoms with Crippen LogP contribution in [-0.2, 0) is 12.8 Å². The van der Waals surface area contributed by atoms with Gasteiger partial charge in [0.25, 0.3) is 5.91 Å². The van der Waals surface area contributed by atoms with E-state index in [-0.39, 0.29) is 5.91 Å². The van der Waals surface area contributed by atoms with Gasteiger partial charge in [0.1, 0.15) is 11.4 Å². The van der Waals surface area contributed by atoms with Gasteiger partial charge < -0.3 is 14.6 Å². The van der Waals surface area contributed by atoms with E-state index >= 15 is 0 Å². The van der Waals surface area contributed by atoms with E-state index in [4.69, 9.17) is 4.74 Å². The Morgan fingerprint density at radius 2 is 2.03 bits per heavy atom. The van der Waals surface area contributed by atoms with E-state index in [2.05, 4.69) is 35.0 Å². The summed E-state index contributed by atoms with van der Waals surface area (Å²) in [7, 11) is 1.78. The number of likely N-dealkylation sites (tertiary alicyclic amines) is 1. The smallest absolute Gasteiger partial charge is 0.270 e. The zero-order valence-electron chi connectivity index (χ0n) is 18.4. The summed E-state index contributed by atoms with van der Waals surface area (Å²) in [6.45, 7) is 6.33. The molecule has 1 amide bonds. The van der Waals surface area contributed by atoms with Crippen LogP contribution >= 0.6 is 0 Å². The van der Waals surface area contributed by atoms with Gasteiger partial charge in [0.2, 0.25) is 0 Å². The minimum atomic E-state index is 0.140. The molecule has 2 aliphatic rings. The molecular weight excluding hydrogens is 374 g/mol. The highest BCUT2D eigenvalue weighted by atomic mass is 16.5. The van der Waals surface area contributed by atoms with Crippen LogP contribution in [0.15, 0.2) is 36.5 Å². The number of benzene rings is 1. The normalized spacial score (nSPS) is 19.7. The first kappa shape index (κ1) is 21.0. The average Bonchev–Trinajstić information content (AvgIpc) is 3.33. The maximum atomic E-state index is 12.6. The highest BCUT2D eigenvalue weighted by Gasteiger charge is 2.29. The molecule has 5 nitrogen and oxygen atoms in total. The van der Waals surface area contributed by atoms with Crippen LogP contribution in [0.25, 0.3) is 0 Å². The van der Waals surface area contributed by atoms with Crippen LogP contribution in [0, 0.1) is 5.92 Å². The summed E-state index contributed by atoms with van der Waals surface area (Å²) < 4.78 is 5.59. The number of methoxy groups -OCH3 is 1. The van der Waals surface area contributed by atoms with Gasteiger partial charge in [0.15, 0.2) is 0 Å². The third-order valence-corrected chi connectivity index (χ3v) is 6.88. The predicted molar refractivity (Wildman–Crippen MR) is 120 cm³/mol. The molecule has 2 heterocycles. The van der Waals surface area contributed by atoms with Crippen molar-refractivity contribution >= 4 is 5.91 Å². The molecule has 5 heteroatoms. The first-order valence-corrected chi connectivity index (χ1v) is 11.5. The van der Waals surface area contributed by atoms with Crippen molar-refractivity contribution < 1.29 is 9.53 Å². The maximum absolute atomic E-state index is 12.6. The third kappa shape index (κ3) is 4.56. The molecule has 4 rings (SSSR count). The summed E-state index contributed by atoms with van der Waals surface area (Å²) >= 11 is 0. The third-order valence-electron chi connectivity index (χ3n) is 6.88. The SMILES string of the molecule is CCCN(CC1CCN(C(=O)c2ccc[nH]2)CC1)[C@H]1CCc2c(cccc2OC)C1. The molecule has 0 spiro atoms. The summed E-state index contributed by atoms with van der Waals surface area (Å²) in [6.07, 6.45) is 8.64. The van der Waals surface area contributed by atoms with Gasteiger partial charge in [-0.25, -0.2) is 0 Å². The van der Waals surface area contributed by atoms with Gasteiger partial charge in [0.05, 0.1) is 7.11 Å². The maximum Gasteiger partial charge on any atom is 0.270 e. The number of piperidine rings is 1. The van der Waals surface area contributed by atoms with Crippen LogP contribution in [0.1, 0.15) is 54.2 Å². The number of hydrogen-bond donors (Lipinski definition) is 1. The lowest BCUT2D eigenvalue weighted by Crippen LogP contribution is -2.46. The van der Waals surface area contributed by atoms with Gasteiger partial charge in [-0.3, -0.25) is 9.69 Å². The van der Waals surface area contributed by atoms with Gasteiger partial charge in [-0.1, -0.05) is 19.1 Å². The lowest BCUT2D eigenvalue weighted by atomic mass is 9.86. The van der Waals surface area contributed by atoms with E-state index in [1.165, 1.54) is 24.0 Å². The lowest BCUT2D eigenvalue weighted by molar-refractivity contribution is 0.0637. The van der Waals surface area contributed by atoms with Crippen LogP contribution in [0.3, 0.4) is 0 Å². The Bertz CT molecular complexity index is 825. The van der Waals surface area contributed by atoms with Crippen molar-refractivity contribution in [3.05, 3.63) is 53.3 Å². The highest BCUT2D eigenvalue weighted by Crippen LogP contribution is 2.32. The van der Waals surface area contributed by atoms with E-state index in [1.54, 1.807) is 7.11 Å². The van der Waals surface area contributed by atoms with Gasteiger partial charge in [0, 0.05) is 31.9 Å². The summed E-state index contributed by atoms with van der Waals surface area (Å²) in [6, 6.07) is 10.9. The van der Waals surface area contributed by atoms with Crippen LogP contribution in [0.5, 0.6) is 5.75 Å². The van der Waals surface area contributed by atoms with E-state index in [1.807, 2.05) is 23.2 Å². The van der Waals surface area contributed by atoms with Gasteiger partial charge in [-0.2, -0.15) is 0 Å². The van der Waals surface area contributed by atoms with E-state index in [0.29, 0.717) is 17.7 Å². The van der Waals surface area contributed by atoms with Crippen LogP contribution in [-0.4, -0.2) is 60.0 Å². The molecule has 1 aliphatic heterocycles. The second-order valence-electron chi connectivity index (χ2n) is 8.81. The summed E-state index contributed by atoms with van der Waals surface area (Å²) in [5.74, 6) is 1.87. The van der Waals surface area contributed by atoms with Crippen molar-refractivity contribution in [3.8, 4) is 5.75 Å². The van der Waals surface area contributed by atoms with Crippen molar-refractivity contribution in [3.63, 3.8) is 0 Å². The quantitative estimate of drug-likeness (QED) is 0.748. The molecular formula is C25H35N3O2. The second kappa shape index (κ2) is 9.69. The molecule has 0 saturated carbocycles.